The number of rotatable bonds is 3. The molecule has 1 atom stereocenters. The molecule has 0 bridgehead atoms. The Morgan fingerprint density at radius 2 is 2.18 bits per heavy atom. The van der Waals surface area contributed by atoms with Crippen LogP contribution in [0.3, 0.4) is 0 Å². The van der Waals surface area contributed by atoms with E-state index in [9.17, 15) is 0 Å². The Morgan fingerprint density at radius 3 is 2.82 bits per heavy atom. The van der Waals surface area contributed by atoms with Crippen molar-refractivity contribution in [3.63, 3.8) is 0 Å². The third kappa shape index (κ3) is 3.03. The van der Waals surface area contributed by atoms with Gasteiger partial charge in [-0.3, -0.25) is 0 Å². The van der Waals surface area contributed by atoms with E-state index in [0.717, 1.165) is 5.69 Å². The summed E-state index contributed by atoms with van der Waals surface area (Å²) >= 11 is 13.3. The van der Waals surface area contributed by atoms with Crippen LogP contribution in [0.2, 0.25) is 10.0 Å². The smallest absolute Gasteiger partial charge is 0.180 e. The van der Waals surface area contributed by atoms with Gasteiger partial charge in [0.15, 0.2) is 5.13 Å². The van der Waals surface area contributed by atoms with Gasteiger partial charge in [-0.05, 0) is 19.1 Å². The van der Waals surface area contributed by atoms with Gasteiger partial charge in [0.2, 0.25) is 0 Å². The van der Waals surface area contributed by atoms with E-state index in [1.54, 1.807) is 18.2 Å². The number of halogens is 2. The fourth-order valence-electron chi connectivity index (χ4n) is 1.31. The van der Waals surface area contributed by atoms with Gasteiger partial charge in [0.05, 0.1) is 10.7 Å². The molecular weight excluding hydrogens is 279 g/mol. The number of nitrogens with two attached hydrogens (primary N) is 1. The molecule has 0 spiro atoms. The summed E-state index contributed by atoms with van der Waals surface area (Å²) in [5.74, 6) is 0.540. The first kappa shape index (κ1) is 12.5. The summed E-state index contributed by atoms with van der Waals surface area (Å²) in [7, 11) is 0. The minimum atomic E-state index is -0.223. The van der Waals surface area contributed by atoms with Crippen LogP contribution in [0.1, 0.15) is 18.7 Å². The Bertz CT molecular complexity index is 530. The van der Waals surface area contributed by atoms with Crippen molar-refractivity contribution in [2.75, 3.05) is 5.73 Å². The molecule has 1 unspecified atom stereocenters. The van der Waals surface area contributed by atoms with Crippen LogP contribution >= 0.6 is 34.5 Å². The van der Waals surface area contributed by atoms with E-state index < -0.39 is 0 Å². The highest BCUT2D eigenvalue weighted by Crippen LogP contribution is 2.31. The van der Waals surface area contributed by atoms with Crippen LogP contribution in [0.15, 0.2) is 23.6 Å². The topological polar surface area (TPSA) is 48.1 Å². The zero-order chi connectivity index (χ0) is 12.4. The molecule has 0 aliphatic heterocycles. The molecule has 2 rings (SSSR count). The second-order valence-corrected chi connectivity index (χ2v) is 5.18. The molecule has 2 aromatic rings. The second-order valence-electron chi connectivity index (χ2n) is 3.45. The fraction of sp³-hybridized carbons (Fsp3) is 0.182. The molecule has 17 heavy (non-hydrogen) atoms. The van der Waals surface area contributed by atoms with Gasteiger partial charge >= 0.3 is 0 Å². The predicted octanol–water partition coefficient (Wildman–Crippen LogP) is 4.17. The molecule has 0 aliphatic rings. The highest BCUT2D eigenvalue weighted by atomic mass is 35.5. The minimum absolute atomic E-state index is 0.223. The number of nitrogen functional groups attached to an aromatic ring is 1. The standard InChI is InChI=1S/C11H10Cl2N2OS/c1-6(9-5-17-11(14)15-9)16-10-4-7(12)2-3-8(10)13/h2-6H,1H3,(H2,14,15). The molecule has 1 aromatic heterocycles. The molecule has 90 valence electrons. The summed E-state index contributed by atoms with van der Waals surface area (Å²) < 4.78 is 5.70. The van der Waals surface area contributed by atoms with Gasteiger partial charge in [-0.2, -0.15) is 0 Å². The summed E-state index contributed by atoms with van der Waals surface area (Å²) in [5.41, 5.74) is 6.35. The molecule has 1 aromatic carbocycles. The Kier molecular flexibility index (Phi) is 3.76. The van der Waals surface area contributed by atoms with E-state index >= 15 is 0 Å². The Balaban J connectivity index is 2.18. The molecular formula is C11H10Cl2N2OS. The van der Waals surface area contributed by atoms with Crippen molar-refractivity contribution in [3.05, 3.63) is 39.3 Å². The molecule has 0 radical (unpaired) electrons. The van der Waals surface area contributed by atoms with Gasteiger partial charge in [0.1, 0.15) is 11.9 Å². The molecule has 0 saturated carbocycles. The van der Waals surface area contributed by atoms with Crippen molar-refractivity contribution >= 4 is 39.7 Å². The van der Waals surface area contributed by atoms with E-state index in [1.807, 2.05) is 12.3 Å². The zero-order valence-corrected chi connectivity index (χ0v) is 11.3. The third-order valence-corrected chi connectivity index (χ3v) is 3.39. The van der Waals surface area contributed by atoms with Gasteiger partial charge < -0.3 is 10.5 Å². The molecule has 0 saturated heterocycles. The Labute approximate surface area is 113 Å². The molecule has 0 fully saturated rings. The minimum Gasteiger partial charge on any atom is -0.483 e. The van der Waals surface area contributed by atoms with Crippen LogP contribution in [0, 0.1) is 0 Å². The number of thiazole rings is 1. The first-order valence-electron chi connectivity index (χ1n) is 4.89. The monoisotopic (exact) mass is 288 g/mol. The van der Waals surface area contributed by atoms with Crippen LogP contribution in [0.25, 0.3) is 0 Å². The molecule has 2 N–H and O–H groups in total. The number of aromatic nitrogens is 1. The molecule has 0 amide bonds. The van der Waals surface area contributed by atoms with E-state index in [1.165, 1.54) is 11.3 Å². The number of benzene rings is 1. The molecule has 0 aliphatic carbocycles. The van der Waals surface area contributed by atoms with E-state index in [-0.39, 0.29) is 6.10 Å². The van der Waals surface area contributed by atoms with Crippen LogP contribution in [-0.4, -0.2) is 4.98 Å². The van der Waals surface area contributed by atoms with Gasteiger partial charge in [0.25, 0.3) is 0 Å². The lowest BCUT2D eigenvalue weighted by molar-refractivity contribution is 0.223. The fourth-order valence-corrected chi connectivity index (χ4v) is 2.27. The highest BCUT2D eigenvalue weighted by Gasteiger charge is 2.13. The average molecular weight is 289 g/mol. The average Bonchev–Trinajstić information content (AvgIpc) is 2.70. The van der Waals surface area contributed by atoms with E-state index in [4.69, 9.17) is 33.7 Å². The molecule has 3 nitrogen and oxygen atoms in total. The largest absolute Gasteiger partial charge is 0.483 e. The van der Waals surface area contributed by atoms with Crippen LogP contribution in [0.4, 0.5) is 5.13 Å². The summed E-state index contributed by atoms with van der Waals surface area (Å²) in [6, 6.07) is 5.08. The maximum absolute atomic E-state index is 6.01. The molecule has 6 heteroatoms. The Hall–Kier alpha value is -0.970. The van der Waals surface area contributed by atoms with E-state index in [2.05, 4.69) is 4.98 Å². The first-order valence-corrected chi connectivity index (χ1v) is 6.52. The second kappa shape index (κ2) is 5.12. The van der Waals surface area contributed by atoms with Crippen molar-refractivity contribution in [1.82, 2.24) is 4.98 Å². The van der Waals surface area contributed by atoms with Crippen LogP contribution in [-0.2, 0) is 0 Å². The van der Waals surface area contributed by atoms with Crippen LogP contribution in [0.5, 0.6) is 5.75 Å². The van der Waals surface area contributed by atoms with Gasteiger partial charge in [-0.1, -0.05) is 23.2 Å². The van der Waals surface area contributed by atoms with Gasteiger partial charge in [-0.15, -0.1) is 11.3 Å². The van der Waals surface area contributed by atoms with Crippen molar-refractivity contribution in [1.29, 1.82) is 0 Å². The number of hydrogen-bond donors (Lipinski definition) is 1. The number of ether oxygens (including phenoxy) is 1. The lowest BCUT2D eigenvalue weighted by atomic mass is 10.3. The first-order chi connectivity index (χ1) is 8.06. The van der Waals surface area contributed by atoms with Gasteiger partial charge in [0, 0.05) is 16.5 Å². The van der Waals surface area contributed by atoms with Gasteiger partial charge in [-0.25, -0.2) is 4.98 Å². The van der Waals surface area contributed by atoms with Crippen LogP contribution < -0.4 is 10.5 Å². The summed E-state index contributed by atoms with van der Waals surface area (Å²) in [6.07, 6.45) is -0.223. The quantitative estimate of drug-likeness (QED) is 0.922. The van der Waals surface area contributed by atoms with E-state index in [0.29, 0.717) is 20.9 Å². The highest BCUT2D eigenvalue weighted by molar-refractivity contribution is 7.13. The summed E-state index contributed by atoms with van der Waals surface area (Å²) in [5, 5.41) is 3.48. The zero-order valence-electron chi connectivity index (χ0n) is 8.98. The lowest BCUT2D eigenvalue weighted by Gasteiger charge is -2.13. The van der Waals surface area contributed by atoms with Crippen molar-refractivity contribution in [2.24, 2.45) is 0 Å². The van der Waals surface area contributed by atoms with Crippen molar-refractivity contribution < 1.29 is 4.74 Å². The van der Waals surface area contributed by atoms with Crippen molar-refractivity contribution in [2.45, 2.75) is 13.0 Å². The normalized spacial score (nSPS) is 12.4. The maximum Gasteiger partial charge on any atom is 0.180 e. The summed E-state index contributed by atoms with van der Waals surface area (Å²) in [6.45, 7) is 1.88. The Morgan fingerprint density at radius 1 is 1.41 bits per heavy atom. The predicted molar refractivity (Wildman–Crippen MR) is 72.0 cm³/mol. The SMILES string of the molecule is CC(Oc1cc(Cl)ccc1Cl)c1csc(N)n1. The maximum atomic E-state index is 6.01. The molecule has 1 heterocycles. The van der Waals surface area contributed by atoms with Crippen molar-refractivity contribution in [3.8, 4) is 5.75 Å². The third-order valence-electron chi connectivity index (χ3n) is 2.15. The number of nitrogens with zero attached hydrogens (tertiary/aromatic N) is 1. The lowest BCUT2D eigenvalue weighted by Crippen LogP contribution is -2.04. The number of hydrogen-bond acceptors (Lipinski definition) is 4. The number of anilines is 1. The summed E-state index contributed by atoms with van der Waals surface area (Å²) in [4.78, 5) is 4.15.